The number of aryl methyl sites for hydroxylation is 6. The molecule has 0 unspecified atom stereocenters. The first-order chi connectivity index (χ1) is 65.8. The van der Waals surface area contributed by atoms with Crippen LogP contribution in [0.3, 0.4) is 0 Å². The van der Waals surface area contributed by atoms with Gasteiger partial charge in [-0.15, -0.1) is 0 Å². The summed E-state index contributed by atoms with van der Waals surface area (Å²) >= 11 is 0. The zero-order chi connectivity index (χ0) is 92.0. The predicted molar refractivity (Wildman–Crippen MR) is 581 cm³/mol. The minimum Gasteiger partial charge on any atom is -0.340 e. The summed E-state index contributed by atoms with van der Waals surface area (Å²) in [4.78, 5) is 0. The molecular weight excluding hydrogens is 1630 g/mol. The highest BCUT2D eigenvalue weighted by atomic mass is 15.0. The van der Waals surface area contributed by atoms with Crippen molar-refractivity contribution in [2.75, 3.05) is 0 Å². The van der Waals surface area contributed by atoms with Crippen LogP contribution in [0.15, 0.2) is 328 Å². The molecule has 0 aliphatic rings. The van der Waals surface area contributed by atoms with E-state index in [0.29, 0.717) is 35.5 Å². The molecule has 0 N–H and O–H groups in total. The molecule has 22 rings (SSSR count). The molecule has 0 aliphatic carbocycles. The van der Waals surface area contributed by atoms with Crippen molar-refractivity contribution in [2.24, 2.45) is 35.5 Å². The summed E-state index contributed by atoms with van der Waals surface area (Å²) in [6, 6.07) is 128. The Kier molecular flexibility index (Phi) is 23.3. The molecule has 0 bridgehead atoms. The third-order valence-electron chi connectivity index (χ3n) is 29.0. The van der Waals surface area contributed by atoms with Gasteiger partial charge in [-0.25, -0.2) is 0 Å². The smallest absolute Gasteiger partial charge is 0.0491 e. The van der Waals surface area contributed by atoms with Crippen LogP contribution in [0, 0.1) is 35.5 Å². The monoisotopic (exact) mass is 1760 g/mol. The highest BCUT2D eigenvalue weighted by Gasteiger charge is 2.24. The minimum atomic E-state index is 0.515. The van der Waals surface area contributed by atoms with Gasteiger partial charge in [-0.2, -0.15) is 0 Å². The summed E-state index contributed by atoms with van der Waals surface area (Å²) in [5.41, 5.74) is 39.1. The topological polar surface area (TPSA) is 29.6 Å². The zero-order valence-corrected chi connectivity index (χ0v) is 80.9. The minimum absolute atomic E-state index is 0.515. The van der Waals surface area contributed by atoms with Gasteiger partial charge in [0.25, 0.3) is 0 Å². The fourth-order valence-electron chi connectivity index (χ4n) is 22.7. The first-order valence-corrected chi connectivity index (χ1v) is 50.4. The standard InChI is InChI=1S/C129H126N6/c1-82(2)76-130-118-31-16-13-28-106(118)112-70-97(49-58-124(112)130)100-52-61-127-115(73-100)109-64-91(40-55-121(109)133(127)79-85(7)8)25-19-22-88-34-43-94(44-35-88)103-67-104(95-45-36-89(37-46-95)23-20-26-92-41-56-122-110(65-92)116-74-101(53-62-128(116)134(122)80-86(9)10)98-50-59-125-113(71-98)107-29-14-17-32-119(107)131(125)77-83(3)4)69-105(68-103)96-47-38-90(39-48-96)24-21-27-93-42-57-123-111(66-93)117-75-102(54-63-129(117)135(123)81-87(11)12)99-51-60-126-114(72-99)108-30-15-18-33-120(108)132(126)78-84(5)6/h13-18,28-75,82-87H,19-27,76-81H2,1-12H3. The molecule has 0 atom stereocenters. The quantitative estimate of drug-likeness (QED) is 0.0429. The van der Waals surface area contributed by atoms with E-state index in [1.165, 1.54) is 231 Å². The predicted octanol–water partition coefficient (Wildman–Crippen LogP) is 34.8. The Morgan fingerprint density at radius 3 is 0.519 bits per heavy atom. The van der Waals surface area contributed by atoms with Crippen LogP contribution in [-0.4, -0.2) is 27.4 Å². The summed E-state index contributed by atoms with van der Waals surface area (Å²) in [5.74, 6) is 3.20. The maximum absolute atomic E-state index is 2.57. The van der Waals surface area contributed by atoms with Crippen molar-refractivity contribution < 1.29 is 0 Å². The van der Waals surface area contributed by atoms with E-state index >= 15 is 0 Å². The lowest BCUT2D eigenvalue weighted by Gasteiger charge is -2.13. The van der Waals surface area contributed by atoms with Gasteiger partial charge in [0.05, 0.1) is 0 Å². The van der Waals surface area contributed by atoms with Gasteiger partial charge in [0.2, 0.25) is 0 Å². The van der Waals surface area contributed by atoms with Crippen molar-refractivity contribution in [1.82, 2.24) is 27.4 Å². The van der Waals surface area contributed by atoms with Gasteiger partial charge in [0.1, 0.15) is 0 Å². The maximum atomic E-state index is 2.57. The van der Waals surface area contributed by atoms with Crippen LogP contribution in [-0.2, 0) is 77.8 Å². The number of rotatable bonds is 30. The molecule has 0 saturated carbocycles. The SMILES string of the molecule is CC(C)Cn1c2ccccc2c2cc(-c3ccc4c(c3)c3cc(CCCc5ccc(-c6cc(-c7ccc(CCCc8ccc9c(c8)c8cc(-c%10ccc%11c(c%10)c%10ccccc%10n%11CC(C)C)ccc8n9CC(C)C)cc7)cc(-c7ccc(CCCc8ccc9c(c8)c8cc(-c%10ccc%11c(c%10)c%10ccccc%10n%11CC(C)C)ccc8n9CC(C)C)cc7)c6)cc5)ccc3n4CC(C)C)ccc21. The van der Waals surface area contributed by atoms with E-state index < -0.39 is 0 Å². The molecular formula is C129H126N6. The molecule has 22 aromatic rings. The van der Waals surface area contributed by atoms with Gasteiger partial charge in [-0.05, 0) is 339 Å². The molecule has 0 aliphatic heterocycles. The highest BCUT2D eigenvalue weighted by Crippen LogP contribution is 2.45. The van der Waals surface area contributed by atoms with E-state index in [0.717, 1.165) is 97.1 Å². The summed E-state index contributed by atoms with van der Waals surface area (Å²) in [7, 11) is 0. The Labute approximate surface area is 796 Å². The Morgan fingerprint density at radius 2 is 0.304 bits per heavy atom. The van der Waals surface area contributed by atoms with Crippen LogP contribution in [0.25, 0.3) is 198 Å². The van der Waals surface area contributed by atoms with E-state index in [1.807, 2.05) is 0 Å². The van der Waals surface area contributed by atoms with Crippen LogP contribution in [0.2, 0.25) is 0 Å². The van der Waals surface area contributed by atoms with Crippen LogP contribution in [0.5, 0.6) is 0 Å². The number of hydrogen-bond donors (Lipinski definition) is 0. The highest BCUT2D eigenvalue weighted by molar-refractivity contribution is 6.16. The van der Waals surface area contributed by atoms with Crippen LogP contribution in [0.4, 0.5) is 0 Å². The molecule has 6 nitrogen and oxygen atoms in total. The van der Waals surface area contributed by atoms with Gasteiger partial charge >= 0.3 is 0 Å². The van der Waals surface area contributed by atoms with Crippen molar-refractivity contribution in [1.29, 1.82) is 0 Å². The Morgan fingerprint density at radius 1 is 0.141 bits per heavy atom. The summed E-state index contributed by atoms with van der Waals surface area (Å²) in [5, 5.41) is 16.0. The molecule has 0 spiro atoms. The van der Waals surface area contributed by atoms with Gasteiger partial charge < -0.3 is 27.4 Å². The second-order valence-corrected chi connectivity index (χ2v) is 42.0. The van der Waals surface area contributed by atoms with E-state index in [1.54, 1.807) is 0 Å². The molecule has 16 aromatic carbocycles. The van der Waals surface area contributed by atoms with Crippen LogP contribution < -0.4 is 0 Å². The number of hydrogen-bond acceptors (Lipinski definition) is 0. The average molecular weight is 1760 g/mol. The molecule has 0 fully saturated rings. The number of para-hydroxylation sites is 3. The van der Waals surface area contributed by atoms with E-state index in [-0.39, 0.29) is 0 Å². The first kappa shape index (κ1) is 86.7. The number of benzene rings is 16. The van der Waals surface area contributed by atoms with Crippen molar-refractivity contribution in [2.45, 2.75) is 180 Å². The Balaban J connectivity index is 0.524. The maximum Gasteiger partial charge on any atom is 0.0491 e. The molecule has 0 saturated heterocycles. The number of nitrogens with zero attached hydrogens (tertiary/aromatic N) is 6. The first-order valence-electron chi connectivity index (χ1n) is 50.4. The molecule has 6 aromatic heterocycles. The van der Waals surface area contributed by atoms with Crippen molar-refractivity contribution in [3.8, 4) is 66.8 Å². The fourth-order valence-corrected chi connectivity index (χ4v) is 22.7. The molecule has 6 heteroatoms. The Bertz CT molecular complexity index is 7470. The molecule has 0 amide bonds. The second kappa shape index (κ2) is 36.3. The van der Waals surface area contributed by atoms with Crippen LogP contribution >= 0.6 is 0 Å². The van der Waals surface area contributed by atoms with Gasteiger partial charge in [-0.1, -0.05) is 265 Å². The number of aromatic nitrogens is 6. The van der Waals surface area contributed by atoms with Crippen molar-refractivity contribution in [3.63, 3.8) is 0 Å². The number of fused-ring (bicyclic) bond motifs is 18. The summed E-state index contributed by atoms with van der Waals surface area (Å²) < 4.78 is 15.3. The van der Waals surface area contributed by atoms with Crippen molar-refractivity contribution >= 4 is 131 Å². The van der Waals surface area contributed by atoms with E-state index in [4.69, 9.17) is 0 Å². The molecule has 672 valence electrons. The largest absolute Gasteiger partial charge is 0.340 e. The molecule has 0 radical (unpaired) electrons. The average Bonchev–Trinajstić information content (AvgIpc) is 1.59. The lowest BCUT2D eigenvalue weighted by Crippen LogP contribution is -2.03. The lowest BCUT2D eigenvalue weighted by atomic mass is 9.91. The third-order valence-corrected chi connectivity index (χ3v) is 29.0. The molecule has 135 heavy (non-hydrogen) atoms. The van der Waals surface area contributed by atoms with E-state index in [2.05, 4.69) is 438 Å². The third kappa shape index (κ3) is 16.8. The van der Waals surface area contributed by atoms with Gasteiger partial charge in [-0.3, -0.25) is 0 Å². The zero-order valence-electron chi connectivity index (χ0n) is 80.9. The normalized spacial score (nSPS) is 12.4. The molecule has 6 heterocycles. The summed E-state index contributed by atoms with van der Waals surface area (Å²) in [6.07, 6.45) is 9.26. The summed E-state index contributed by atoms with van der Waals surface area (Å²) in [6.45, 7) is 33.9. The van der Waals surface area contributed by atoms with Gasteiger partial charge in [0.15, 0.2) is 0 Å². The Hall–Kier alpha value is -13.7. The second-order valence-electron chi connectivity index (χ2n) is 42.0. The fraction of sp³-hybridized carbons (Fsp3) is 0.256. The lowest BCUT2D eigenvalue weighted by molar-refractivity contribution is 0.545. The van der Waals surface area contributed by atoms with Gasteiger partial charge in [0, 0.05) is 170 Å². The van der Waals surface area contributed by atoms with E-state index in [9.17, 15) is 0 Å². The van der Waals surface area contributed by atoms with Crippen molar-refractivity contribution in [3.05, 3.63) is 361 Å². The van der Waals surface area contributed by atoms with Crippen LogP contribution in [0.1, 0.15) is 136 Å².